The van der Waals surface area contributed by atoms with Gasteiger partial charge in [-0.15, -0.1) is 0 Å². The highest BCUT2D eigenvalue weighted by molar-refractivity contribution is 9.10. The molecule has 0 saturated heterocycles. The molecule has 5 rings (SSSR count). The van der Waals surface area contributed by atoms with Crippen molar-refractivity contribution in [3.8, 4) is 33.8 Å². The van der Waals surface area contributed by atoms with Crippen LogP contribution in [0.2, 0.25) is 0 Å². The fourth-order valence-corrected chi connectivity index (χ4v) is 5.55. The molecule has 5 aromatic carbocycles. The van der Waals surface area contributed by atoms with Crippen molar-refractivity contribution in [2.75, 3.05) is 40.6 Å². The van der Waals surface area contributed by atoms with E-state index in [-0.39, 0.29) is 0 Å². The van der Waals surface area contributed by atoms with Crippen LogP contribution in [0.15, 0.2) is 93.9 Å². The first-order valence-corrected chi connectivity index (χ1v) is 14.0. The molecule has 0 N–H and O–H groups in total. The van der Waals surface area contributed by atoms with Crippen molar-refractivity contribution in [1.82, 2.24) is 0 Å². The summed E-state index contributed by atoms with van der Waals surface area (Å²) in [4.78, 5) is 0. The Morgan fingerprint density at radius 3 is 1.21 bits per heavy atom. The molecular formula is C32H28Br2O4. The Hall–Kier alpha value is -2.90. The molecule has 0 bridgehead atoms. The molecule has 0 aliphatic carbocycles. The van der Waals surface area contributed by atoms with Crippen LogP contribution in [0.25, 0.3) is 43.8 Å². The van der Waals surface area contributed by atoms with Gasteiger partial charge in [-0.1, -0.05) is 80.4 Å². The molecule has 6 heteroatoms. The van der Waals surface area contributed by atoms with Crippen LogP contribution in [-0.2, 0) is 9.47 Å². The minimum atomic E-state index is 0.472. The van der Waals surface area contributed by atoms with E-state index in [1.165, 1.54) is 0 Å². The van der Waals surface area contributed by atoms with Gasteiger partial charge in [0.1, 0.15) is 24.7 Å². The zero-order valence-corrected chi connectivity index (χ0v) is 24.5. The first kappa shape index (κ1) is 26.7. The quantitative estimate of drug-likeness (QED) is 0.113. The van der Waals surface area contributed by atoms with Gasteiger partial charge in [-0.05, 0) is 57.9 Å². The summed E-state index contributed by atoms with van der Waals surface area (Å²) in [5.74, 6) is 1.64. The lowest BCUT2D eigenvalue weighted by Crippen LogP contribution is -2.06. The summed E-state index contributed by atoms with van der Waals surface area (Å²) in [6, 6.07) is 29.4. The Bertz CT molecular complexity index is 1410. The van der Waals surface area contributed by atoms with Crippen LogP contribution >= 0.6 is 31.9 Å². The Kier molecular flexibility index (Phi) is 8.65. The molecular weight excluding hydrogens is 608 g/mol. The fraction of sp³-hybridized carbons (Fsp3) is 0.188. The Morgan fingerprint density at radius 1 is 0.500 bits per heavy atom. The van der Waals surface area contributed by atoms with Crippen LogP contribution in [0.3, 0.4) is 0 Å². The zero-order valence-electron chi connectivity index (χ0n) is 21.3. The van der Waals surface area contributed by atoms with E-state index in [4.69, 9.17) is 18.9 Å². The summed E-state index contributed by atoms with van der Waals surface area (Å²) < 4.78 is 24.9. The smallest absolute Gasteiger partial charge is 0.127 e. The molecule has 0 spiro atoms. The van der Waals surface area contributed by atoms with E-state index in [0.717, 1.165) is 64.2 Å². The molecule has 0 heterocycles. The standard InChI is InChI=1S/C32H28Br2O4/c1-35-15-17-37-29-13-11-21(33)19-27(29)31-23-7-3-5-9-25(23)32(26-10-6-4-8-24(26)31)28-20-22(34)12-14-30(28)38-18-16-36-2/h3-14,19-20H,15-18H2,1-2H3. The van der Waals surface area contributed by atoms with Crippen LogP contribution in [0.4, 0.5) is 0 Å². The molecule has 0 amide bonds. The van der Waals surface area contributed by atoms with Crippen molar-refractivity contribution in [3.05, 3.63) is 93.9 Å². The first-order valence-electron chi connectivity index (χ1n) is 12.4. The third-order valence-electron chi connectivity index (χ3n) is 6.44. The van der Waals surface area contributed by atoms with Gasteiger partial charge in [-0.25, -0.2) is 0 Å². The number of halogens is 2. The zero-order chi connectivity index (χ0) is 26.5. The molecule has 0 fully saturated rings. The fourth-order valence-electron chi connectivity index (χ4n) is 4.83. The molecule has 0 atom stereocenters. The molecule has 4 nitrogen and oxygen atoms in total. The molecule has 194 valence electrons. The lowest BCUT2D eigenvalue weighted by atomic mass is 9.85. The number of benzene rings is 5. The predicted molar refractivity (Wildman–Crippen MR) is 162 cm³/mol. The summed E-state index contributed by atoms with van der Waals surface area (Å²) in [6.07, 6.45) is 0. The average molecular weight is 636 g/mol. The molecule has 0 unspecified atom stereocenters. The lowest BCUT2D eigenvalue weighted by Gasteiger charge is -2.21. The van der Waals surface area contributed by atoms with E-state index in [1.54, 1.807) is 14.2 Å². The Morgan fingerprint density at radius 2 is 0.868 bits per heavy atom. The van der Waals surface area contributed by atoms with Gasteiger partial charge in [0.25, 0.3) is 0 Å². The van der Waals surface area contributed by atoms with E-state index in [0.29, 0.717) is 26.4 Å². The Balaban J connectivity index is 1.83. The van der Waals surface area contributed by atoms with E-state index in [2.05, 4.69) is 92.5 Å². The maximum Gasteiger partial charge on any atom is 0.127 e. The number of methoxy groups -OCH3 is 2. The third kappa shape index (κ3) is 5.45. The van der Waals surface area contributed by atoms with Crippen molar-refractivity contribution in [1.29, 1.82) is 0 Å². The monoisotopic (exact) mass is 634 g/mol. The van der Waals surface area contributed by atoms with Gasteiger partial charge in [0, 0.05) is 45.4 Å². The van der Waals surface area contributed by atoms with E-state index < -0.39 is 0 Å². The molecule has 0 aromatic heterocycles. The van der Waals surface area contributed by atoms with Gasteiger partial charge in [-0.3, -0.25) is 0 Å². The summed E-state index contributed by atoms with van der Waals surface area (Å²) >= 11 is 7.38. The van der Waals surface area contributed by atoms with Crippen molar-refractivity contribution >= 4 is 53.4 Å². The maximum atomic E-state index is 6.21. The highest BCUT2D eigenvalue weighted by Gasteiger charge is 2.21. The van der Waals surface area contributed by atoms with Crippen LogP contribution in [0.5, 0.6) is 11.5 Å². The number of rotatable bonds is 10. The van der Waals surface area contributed by atoms with Gasteiger partial charge in [-0.2, -0.15) is 0 Å². The maximum absolute atomic E-state index is 6.21. The second-order valence-corrected chi connectivity index (χ2v) is 10.6. The Labute approximate surface area is 239 Å². The van der Waals surface area contributed by atoms with Gasteiger partial charge in [0.15, 0.2) is 0 Å². The number of hydrogen-bond acceptors (Lipinski definition) is 4. The van der Waals surface area contributed by atoms with Gasteiger partial charge in [0.2, 0.25) is 0 Å². The highest BCUT2D eigenvalue weighted by Crippen LogP contribution is 2.48. The van der Waals surface area contributed by atoms with Crippen molar-refractivity contribution in [2.24, 2.45) is 0 Å². The molecule has 0 aliphatic heterocycles. The number of hydrogen-bond donors (Lipinski definition) is 0. The second-order valence-electron chi connectivity index (χ2n) is 8.80. The molecule has 38 heavy (non-hydrogen) atoms. The van der Waals surface area contributed by atoms with Gasteiger partial charge in [0.05, 0.1) is 13.2 Å². The molecule has 0 aliphatic rings. The highest BCUT2D eigenvalue weighted by atomic mass is 79.9. The predicted octanol–water partition coefficient (Wildman–Crippen LogP) is 8.90. The summed E-state index contributed by atoms with van der Waals surface area (Å²) in [7, 11) is 3.36. The van der Waals surface area contributed by atoms with E-state index in [1.807, 2.05) is 24.3 Å². The molecule has 5 aromatic rings. The minimum absolute atomic E-state index is 0.472. The minimum Gasteiger partial charge on any atom is -0.491 e. The van der Waals surface area contributed by atoms with Crippen molar-refractivity contribution in [2.45, 2.75) is 0 Å². The summed E-state index contributed by atoms with van der Waals surface area (Å²) in [6.45, 7) is 1.98. The van der Waals surface area contributed by atoms with Crippen LogP contribution in [-0.4, -0.2) is 40.6 Å². The summed E-state index contributed by atoms with van der Waals surface area (Å²) in [5, 5.41) is 4.55. The van der Waals surface area contributed by atoms with Crippen molar-refractivity contribution < 1.29 is 18.9 Å². The van der Waals surface area contributed by atoms with Crippen LogP contribution < -0.4 is 9.47 Å². The number of ether oxygens (including phenoxy) is 4. The van der Waals surface area contributed by atoms with Crippen molar-refractivity contribution in [3.63, 3.8) is 0 Å². The molecule has 0 saturated carbocycles. The van der Waals surface area contributed by atoms with Gasteiger partial charge < -0.3 is 18.9 Å². The number of fused-ring (bicyclic) bond motifs is 2. The molecule has 0 radical (unpaired) electrons. The largest absolute Gasteiger partial charge is 0.491 e. The van der Waals surface area contributed by atoms with Gasteiger partial charge >= 0.3 is 0 Å². The van der Waals surface area contributed by atoms with E-state index >= 15 is 0 Å². The summed E-state index contributed by atoms with van der Waals surface area (Å²) in [5.41, 5.74) is 4.32. The SMILES string of the molecule is COCCOc1ccc(Br)cc1-c1c2ccccc2c(-c2cc(Br)ccc2OCCOC)c2ccccc12. The second kappa shape index (κ2) is 12.3. The normalized spacial score (nSPS) is 11.3. The third-order valence-corrected chi connectivity index (χ3v) is 7.43. The van der Waals surface area contributed by atoms with E-state index in [9.17, 15) is 0 Å². The first-order chi connectivity index (χ1) is 18.6. The lowest BCUT2D eigenvalue weighted by molar-refractivity contribution is 0.146. The van der Waals surface area contributed by atoms with Crippen LogP contribution in [0.1, 0.15) is 0 Å². The topological polar surface area (TPSA) is 36.9 Å². The average Bonchev–Trinajstić information content (AvgIpc) is 2.93. The van der Waals surface area contributed by atoms with Crippen LogP contribution in [0, 0.1) is 0 Å².